The fourth-order valence-electron chi connectivity index (χ4n) is 2.92. The SMILES string of the molecule is CC1(C)CC(n2c(=S)[nH]c3ccc(F)c(F)c32)CCO1. The lowest BCUT2D eigenvalue weighted by Crippen LogP contribution is -2.35. The number of nitrogens with one attached hydrogen (secondary N) is 1. The zero-order valence-corrected chi connectivity index (χ0v) is 12.2. The van der Waals surface area contributed by atoms with Gasteiger partial charge in [0.1, 0.15) is 5.52 Å². The summed E-state index contributed by atoms with van der Waals surface area (Å²) in [5, 5.41) is 0. The second kappa shape index (κ2) is 4.63. The van der Waals surface area contributed by atoms with Crippen LogP contribution in [0.25, 0.3) is 11.0 Å². The van der Waals surface area contributed by atoms with Gasteiger partial charge in [0.05, 0.1) is 11.1 Å². The minimum atomic E-state index is -0.855. The number of H-pyrrole nitrogens is 1. The van der Waals surface area contributed by atoms with Gasteiger partial charge in [0.15, 0.2) is 16.4 Å². The van der Waals surface area contributed by atoms with Crippen molar-refractivity contribution in [3.8, 4) is 0 Å². The number of hydrogen-bond acceptors (Lipinski definition) is 2. The summed E-state index contributed by atoms with van der Waals surface area (Å²) in [6, 6.07) is 2.64. The van der Waals surface area contributed by atoms with Crippen molar-refractivity contribution in [3.05, 3.63) is 28.5 Å². The molecule has 1 aliphatic heterocycles. The van der Waals surface area contributed by atoms with Crippen LogP contribution in [0.3, 0.4) is 0 Å². The Hall–Kier alpha value is -1.27. The highest BCUT2D eigenvalue weighted by Crippen LogP contribution is 2.35. The molecule has 0 radical (unpaired) electrons. The molecule has 1 N–H and O–H groups in total. The summed E-state index contributed by atoms with van der Waals surface area (Å²) >= 11 is 5.29. The number of halogens is 2. The predicted molar refractivity (Wildman–Crippen MR) is 75.3 cm³/mol. The number of benzene rings is 1. The van der Waals surface area contributed by atoms with E-state index in [1.54, 1.807) is 4.57 Å². The Morgan fingerprint density at radius 3 is 2.85 bits per heavy atom. The van der Waals surface area contributed by atoms with Crippen LogP contribution < -0.4 is 0 Å². The van der Waals surface area contributed by atoms with Gasteiger partial charge in [-0.15, -0.1) is 0 Å². The summed E-state index contributed by atoms with van der Waals surface area (Å²) in [6.45, 7) is 4.58. The van der Waals surface area contributed by atoms with Crippen LogP contribution >= 0.6 is 12.2 Å². The van der Waals surface area contributed by atoms with Gasteiger partial charge in [-0.25, -0.2) is 8.78 Å². The standard InChI is InChI=1S/C14H16F2N2OS/c1-14(2)7-8(5-6-19-14)18-12-10(17-13(18)20)4-3-9(15)11(12)16/h3-4,8H,5-7H2,1-2H3,(H,17,20). The van der Waals surface area contributed by atoms with E-state index in [1.165, 1.54) is 6.07 Å². The first-order valence-corrected chi connectivity index (χ1v) is 7.02. The average molecular weight is 298 g/mol. The van der Waals surface area contributed by atoms with Crippen LogP contribution in [0.1, 0.15) is 32.7 Å². The molecule has 1 atom stereocenters. The smallest absolute Gasteiger partial charge is 0.184 e. The number of hydrogen-bond donors (Lipinski definition) is 1. The molecule has 0 bridgehead atoms. The summed E-state index contributed by atoms with van der Waals surface area (Å²) in [7, 11) is 0. The minimum absolute atomic E-state index is 0.0105. The first-order valence-electron chi connectivity index (χ1n) is 6.61. The number of aromatic amines is 1. The van der Waals surface area contributed by atoms with E-state index in [0.29, 0.717) is 23.3 Å². The third kappa shape index (κ3) is 2.16. The fraction of sp³-hybridized carbons (Fsp3) is 0.500. The molecule has 20 heavy (non-hydrogen) atoms. The number of fused-ring (bicyclic) bond motifs is 1. The Labute approximate surface area is 120 Å². The summed E-state index contributed by atoms with van der Waals surface area (Å²) in [5.41, 5.74) is 0.460. The third-order valence-corrected chi connectivity index (χ3v) is 4.11. The second-order valence-electron chi connectivity index (χ2n) is 5.81. The maximum atomic E-state index is 14.1. The Morgan fingerprint density at radius 1 is 1.40 bits per heavy atom. The minimum Gasteiger partial charge on any atom is -0.375 e. The van der Waals surface area contributed by atoms with Gasteiger partial charge in [-0.3, -0.25) is 0 Å². The highest BCUT2D eigenvalue weighted by Gasteiger charge is 2.31. The van der Waals surface area contributed by atoms with Crippen molar-refractivity contribution in [2.75, 3.05) is 6.61 Å². The highest BCUT2D eigenvalue weighted by molar-refractivity contribution is 7.71. The van der Waals surface area contributed by atoms with Gasteiger partial charge in [-0.2, -0.15) is 0 Å². The molecular weight excluding hydrogens is 282 g/mol. The molecule has 1 saturated heterocycles. The van der Waals surface area contributed by atoms with Gasteiger partial charge in [0, 0.05) is 12.6 Å². The zero-order valence-electron chi connectivity index (χ0n) is 11.4. The van der Waals surface area contributed by atoms with E-state index >= 15 is 0 Å². The van der Waals surface area contributed by atoms with Crippen LogP contribution in [0, 0.1) is 16.4 Å². The normalized spacial score (nSPS) is 22.3. The average Bonchev–Trinajstić information content (AvgIpc) is 2.70. The van der Waals surface area contributed by atoms with Crippen LogP contribution in [0.15, 0.2) is 12.1 Å². The van der Waals surface area contributed by atoms with Crippen LogP contribution in [0.5, 0.6) is 0 Å². The molecule has 0 spiro atoms. The Morgan fingerprint density at radius 2 is 2.15 bits per heavy atom. The predicted octanol–water partition coefficient (Wildman–Crippen LogP) is 4.11. The quantitative estimate of drug-likeness (QED) is 0.803. The first kappa shape index (κ1) is 13.7. The third-order valence-electron chi connectivity index (χ3n) is 3.81. The molecule has 2 aromatic rings. The fourth-order valence-corrected chi connectivity index (χ4v) is 3.27. The monoisotopic (exact) mass is 298 g/mol. The lowest BCUT2D eigenvalue weighted by Gasteiger charge is -2.36. The van der Waals surface area contributed by atoms with E-state index in [2.05, 4.69) is 4.98 Å². The molecule has 108 valence electrons. The van der Waals surface area contributed by atoms with E-state index in [0.717, 1.165) is 12.5 Å². The maximum absolute atomic E-state index is 14.1. The number of nitrogens with zero attached hydrogens (tertiary/aromatic N) is 1. The van der Waals surface area contributed by atoms with Crippen LogP contribution in [-0.4, -0.2) is 21.8 Å². The summed E-state index contributed by atoms with van der Waals surface area (Å²) < 4.78 is 35.4. The zero-order chi connectivity index (χ0) is 14.5. The molecule has 3 rings (SSSR count). The van der Waals surface area contributed by atoms with Crippen molar-refractivity contribution in [1.82, 2.24) is 9.55 Å². The molecular formula is C14H16F2N2OS. The van der Waals surface area contributed by atoms with Crippen LogP contribution in [0.4, 0.5) is 8.78 Å². The van der Waals surface area contributed by atoms with Gasteiger partial charge in [-0.1, -0.05) is 0 Å². The lowest BCUT2D eigenvalue weighted by atomic mass is 9.93. The maximum Gasteiger partial charge on any atom is 0.184 e. The molecule has 2 heterocycles. The second-order valence-corrected chi connectivity index (χ2v) is 6.20. The molecule has 1 fully saturated rings. The summed E-state index contributed by atoms with van der Waals surface area (Å²) in [4.78, 5) is 2.95. The molecule has 1 aromatic carbocycles. The largest absolute Gasteiger partial charge is 0.375 e. The number of ether oxygens (including phenoxy) is 1. The van der Waals surface area contributed by atoms with Gasteiger partial charge >= 0.3 is 0 Å². The van der Waals surface area contributed by atoms with Gasteiger partial charge in [-0.05, 0) is 51.0 Å². The van der Waals surface area contributed by atoms with E-state index in [1.807, 2.05) is 13.8 Å². The lowest BCUT2D eigenvalue weighted by molar-refractivity contribution is -0.0687. The molecule has 0 saturated carbocycles. The van der Waals surface area contributed by atoms with Gasteiger partial charge in [0.25, 0.3) is 0 Å². The number of aromatic nitrogens is 2. The van der Waals surface area contributed by atoms with Crippen LogP contribution in [0.2, 0.25) is 0 Å². The van der Waals surface area contributed by atoms with Gasteiger partial charge < -0.3 is 14.3 Å². The molecule has 1 aliphatic rings. The number of rotatable bonds is 1. The van der Waals surface area contributed by atoms with Crippen molar-refractivity contribution < 1.29 is 13.5 Å². The van der Waals surface area contributed by atoms with E-state index < -0.39 is 11.6 Å². The van der Waals surface area contributed by atoms with Crippen molar-refractivity contribution >= 4 is 23.3 Å². The van der Waals surface area contributed by atoms with Crippen LogP contribution in [-0.2, 0) is 4.74 Å². The molecule has 1 unspecified atom stereocenters. The van der Waals surface area contributed by atoms with Crippen molar-refractivity contribution in [3.63, 3.8) is 0 Å². The van der Waals surface area contributed by atoms with E-state index in [9.17, 15) is 8.78 Å². The highest BCUT2D eigenvalue weighted by atomic mass is 32.1. The Kier molecular flexibility index (Phi) is 3.17. The Bertz CT molecular complexity index is 720. The molecule has 3 nitrogen and oxygen atoms in total. The topological polar surface area (TPSA) is 29.9 Å². The van der Waals surface area contributed by atoms with E-state index in [-0.39, 0.29) is 17.2 Å². The molecule has 0 amide bonds. The Balaban J connectivity index is 2.18. The summed E-state index contributed by atoms with van der Waals surface area (Å²) in [5.74, 6) is -1.70. The molecule has 0 aliphatic carbocycles. The summed E-state index contributed by atoms with van der Waals surface area (Å²) in [6.07, 6.45) is 1.45. The van der Waals surface area contributed by atoms with E-state index in [4.69, 9.17) is 17.0 Å². The van der Waals surface area contributed by atoms with Crippen molar-refractivity contribution in [2.45, 2.75) is 38.3 Å². The molecule has 6 heteroatoms. The first-order chi connectivity index (χ1) is 9.39. The van der Waals surface area contributed by atoms with Crippen molar-refractivity contribution in [2.24, 2.45) is 0 Å². The number of imidazole rings is 1. The van der Waals surface area contributed by atoms with Crippen molar-refractivity contribution in [1.29, 1.82) is 0 Å². The molecule has 1 aromatic heterocycles. The van der Waals surface area contributed by atoms with Gasteiger partial charge in [0.2, 0.25) is 0 Å².